The Morgan fingerprint density at radius 3 is 2.38 bits per heavy atom. The number of anilines is 3. The topological polar surface area (TPSA) is 131 Å². The Balaban J connectivity index is 1.14. The van der Waals surface area contributed by atoms with E-state index in [0.717, 1.165) is 12.6 Å². The molecule has 12 nitrogen and oxygen atoms in total. The molecule has 1 aliphatic carbocycles. The Morgan fingerprint density at radius 1 is 1.06 bits per heavy atom. The third-order valence-corrected chi connectivity index (χ3v) is 8.77. The molecule has 3 aromatic heterocycles. The number of nitrogens with zero attached hydrogens (tertiary/aromatic N) is 7. The minimum Gasteiger partial charge on any atom is -0.467 e. The van der Waals surface area contributed by atoms with Crippen LogP contribution in [0.2, 0.25) is 0 Å². The number of alkyl halides is 5. The second-order valence-electron chi connectivity index (χ2n) is 12.0. The zero-order chi connectivity index (χ0) is 33.2. The van der Waals surface area contributed by atoms with Crippen LogP contribution in [0.3, 0.4) is 0 Å². The van der Waals surface area contributed by atoms with Gasteiger partial charge < -0.3 is 25.0 Å². The van der Waals surface area contributed by atoms with Crippen molar-refractivity contribution in [3.05, 3.63) is 42.5 Å². The number of carbonyl (C=O) groups is 1. The van der Waals surface area contributed by atoms with Crippen molar-refractivity contribution in [2.24, 2.45) is 5.41 Å². The molecule has 2 amide bonds. The van der Waals surface area contributed by atoms with Gasteiger partial charge in [-0.1, -0.05) is 0 Å². The van der Waals surface area contributed by atoms with Crippen molar-refractivity contribution >= 4 is 23.6 Å². The van der Waals surface area contributed by atoms with E-state index >= 15 is 0 Å². The average molecular weight is 664 g/mol. The first-order chi connectivity index (χ1) is 22.5. The number of urea groups is 1. The normalized spacial score (nSPS) is 20.6. The number of halogens is 5. The van der Waals surface area contributed by atoms with Gasteiger partial charge >= 0.3 is 18.2 Å². The van der Waals surface area contributed by atoms with E-state index in [1.807, 2.05) is 0 Å². The molecule has 2 N–H and O–H groups in total. The lowest BCUT2D eigenvalue weighted by atomic mass is 9.79. The lowest BCUT2D eigenvalue weighted by Crippen LogP contribution is -2.57. The summed E-state index contributed by atoms with van der Waals surface area (Å²) in [7, 11) is 1.45. The highest BCUT2D eigenvalue weighted by Gasteiger charge is 2.49. The van der Waals surface area contributed by atoms with Crippen LogP contribution in [0.15, 0.2) is 36.9 Å². The van der Waals surface area contributed by atoms with Crippen molar-refractivity contribution in [2.45, 2.75) is 56.8 Å². The number of pyridine rings is 1. The van der Waals surface area contributed by atoms with Crippen LogP contribution in [0, 0.1) is 5.41 Å². The molecule has 0 radical (unpaired) electrons. The minimum absolute atomic E-state index is 0.0892. The molecule has 252 valence electrons. The number of rotatable bonds is 9. The average Bonchev–Trinajstić information content (AvgIpc) is 3.55. The Bertz CT molecular complexity index is 1520. The first-order valence-electron chi connectivity index (χ1n) is 15.2. The number of nitrogens with one attached hydrogen (secondary N) is 2. The Morgan fingerprint density at radius 2 is 1.79 bits per heavy atom. The van der Waals surface area contributed by atoms with E-state index in [9.17, 15) is 26.7 Å². The molecule has 1 spiro atoms. The van der Waals surface area contributed by atoms with E-state index in [1.54, 1.807) is 35.6 Å². The molecule has 2 saturated heterocycles. The van der Waals surface area contributed by atoms with Gasteiger partial charge in [-0.05, 0) is 44.2 Å². The summed E-state index contributed by atoms with van der Waals surface area (Å²) in [5, 5.41) is 5.45. The highest BCUT2D eigenvalue weighted by atomic mass is 19.4. The second kappa shape index (κ2) is 13.4. The van der Waals surface area contributed by atoms with Gasteiger partial charge in [-0.3, -0.25) is 4.90 Å². The van der Waals surface area contributed by atoms with Crippen LogP contribution in [0.5, 0.6) is 6.01 Å². The molecule has 0 bridgehead atoms. The monoisotopic (exact) mass is 663 g/mol. The molecule has 47 heavy (non-hydrogen) atoms. The minimum atomic E-state index is -4.61. The molecule has 17 heteroatoms. The van der Waals surface area contributed by atoms with Crippen LogP contribution in [-0.4, -0.2) is 89.4 Å². The highest BCUT2D eigenvalue weighted by Crippen LogP contribution is 2.44. The summed E-state index contributed by atoms with van der Waals surface area (Å²) in [6, 6.07) is 2.31. The van der Waals surface area contributed by atoms with Crippen LogP contribution in [0.4, 0.5) is 44.3 Å². The molecule has 6 rings (SSSR count). The van der Waals surface area contributed by atoms with Gasteiger partial charge in [0.1, 0.15) is 17.2 Å². The molecule has 0 atom stereocenters. The van der Waals surface area contributed by atoms with Gasteiger partial charge in [0, 0.05) is 73.1 Å². The van der Waals surface area contributed by atoms with Crippen LogP contribution in [0.1, 0.15) is 37.7 Å². The van der Waals surface area contributed by atoms with Crippen molar-refractivity contribution in [1.29, 1.82) is 0 Å². The van der Waals surface area contributed by atoms with Crippen LogP contribution in [-0.2, 0) is 10.9 Å². The van der Waals surface area contributed by atoms with Gasteiger partial charge in [0.15, 0.2) is 0 Å². The summed E-state index contributed by atoms with van der Waals surface area (Å²) in [6.07, 6.45) is 0.944. The van der Waals surface area contributed by atoms with Crippen molar-refractivity contribution in [3.63, 3.8) is 0 Å². The number of hydrogen-bond acceptors (Lipinski definition) is 10. The maximum atomic E-state index is 13.8. The van der Waals surface area contributed by atoms with Crippen LogP contribution in [0.25, 0.3) is 11.1 Å². The zero-order valence-electron chi connectivity index (χ0n) is 25.5. The van der Waals surface area contributed by atoms with E-state index in [1.165, 1.54) is 12.0 Å². The SMILES string of the molecule is COc1ncc(-c2ccc(N(C(=O)NCC(F)F)[C@H]3CC[C@H](Nc4ncc(C(F)(F)F)c(N5CC6(CCOC6)C5)n4)CC3)nc2)cn1. The molecule has 1 saturated carbocycles. The van der Waals surface area contributed by atoms with Crippen LogP contribution < -0.4 is 25.2 Å². The predicted molar refractivity (Wildman–Crippen MR) is 160 cm³/mol. The van der Waals surface area contributed by atoms with E-state index < -0.39 is 30.7 Å². The van der Waals surface area contributed by atoms with E-state index in [4.69, 9.17) is 9.47 Å². The molecule has 3 fully saturated rings. The van der Waals surface area contributed by atoms with E-state index in [0.29, 0.717) is 63.1 Å². The predicted octanol–water partition coefficient (Wildman–Crippen LogP) is 4.79. The number of amides is 2. The molecule has 2 aliphatic heterocycles. The highest BCUT2D eigenvalue weighted by molar-refractivity contribution is 5.91. The standard InChI is InChI=1S/C30H34F5N9O3/c1-46-27-38-11-19(12-39-27)18-2-7-24(36-10-18)44(28(45)40-14-23(31)32)21-5-3-20(4-6-21)41-26-37-13-22(30(33,34)35)25(42-26)43-15-29(16-43)8-9-47-17-29/h2,7,10-13,20-21,23H,3-6,8-9,14-17H2,1H3,(H,40,45)(H,37,41,42)/t20-,21-. The van der Waals surface area contributed by atoms with Gasteiger partial charge in [-0.15, -0.1) is 0 Å². The summed E-state index contributed by atoms with van der Waals surface area (Å²) in [5.74, 6) is 0.215. The van der Waals surface area contributed by atoms with Gasteiger partial charge in [-0.25, -0.2) is 33.5 Å². The largest absolute Gasteiger partial charge is 0.467 e. The molecule has 0 aromatic carbocycles. The summed E-state index contributed by atoms with van der Waals surface area (Å²) in [5.41, 5.74) is 0.328. The van der Waals surface area contributed by atoms with Crippen molar-refractivity contribution in [1.82, 2.24) is 30.2 Å². The number of methoxy groups -OCH3 is 1. The summed E-state index contributed by atoms with van der Waals surface area (Å²) < 4.78 is 77.9. The molecule has 0 unspecified atom stereocenters. The maximum Gasteiger partial charge on any atom is 0.421 e. The fourth-order valence-electron chi connectivity index (χ4n) is 6.33. The Kier molecular flexibility index (Phi) is 9.25. The molecule has 3 aromatic rings. The smallest absolute Gasteiger partial charge is 0.421 e. The van der Waals surface area contributed by atoms with Gasteiger partial charge in [-0.2, -0.15) is 18.2 Å². The number of hydrogen-bond donors (Lipinski definition) is 2. The molecule has 3 aliphatic rings. The van der Waals surface area contributed by atoms with Gasteiger partial charge in [0.2, 0.25) is 5.95 Å². The Labute approximate surface area is 267 Å². The first kappa shape index (κ1) is 32.5. The third kappa shape index (κ3) is 7.29. The van der Waals surface area contributed by atoms with E-state index in [2.05, 4.69) is 35.6 Å². The quantitative estimate of drug-likeness (QED) is 0.309. The van der Waals surface area contributed by atoms with Gasteiger partial charge in [0.25, 0.3) is 6.43 Å². The summed E-state index contributed by atoms with van der Waals surface area (Å²) in [6.45, 7) is 1.18. The second-order valence-corrected chi connectivity index (χ2v) is 12.0. The summed E-state index contributed by atoms with van der Waals surface area (Å²) in [4.78, 5) is 37.0. The van der Waals surface area contributed by atoms with Crippen molar-refractivity contribution in [3.8, 4) is 17.1 Å². The molecule has 5 heterocycles. The van der Waals surface area contributed by atoms with Crippen molar-refractivity contribution in [2.75, 3.05) is 55.1 Å². The Hall–Kier alpha value is -4.41. The van der Waals surface area contributed by atoms with Crippen LogP contribution >= 0.6 is 0 Å². The van der Waals surface area contributed by atoms with E-state index in [-0.39, 0.29) is 41.1 Å². The zero-order valence-corrected chi connectivity index (χ0v) is 25.5. The third-order valence-electron chi connectivity index (χ3n) is 8.77. The maximum absolute atomic E-state index is 13.8. The number of aromatic nitrogens is 5. The number of carbonyl (C=O) groups excluding carboxylic acids is 1. The fraction of sp³-hybridized carbons (Fsp3) is 0.533. The summed E-state index contributed by atoms with van der Waals surface area (Å²) >= 11 is 0. The first-order valence-corrected chi connectivity index (χ1v) is 15.2. The fourth-order valence-corrected chi connectivity index (χ4v) is 6.33. The van der Waals surface area contributed by atoms with Gasteiger partial charge in [0.05, 0.1) is 20.3 Å². The number of ether oxygens (including phenoxy) is 2. The van der Waals surface area contributed by atoms with Crippen molar-refractivity contribution < 1.29 is 36.2 Å². The lowest BCUT2D eigenvalue weighted by Gasteiger charge is -2.48. The molecular formula is C30H34F5N9O3. The lowest BCUT2D eigenvalue weighted by molar-refractivity contribution is -0.137. The molecular weight excluding hydrogens is 629 g/mol.